The van der Waals surface area contributed by atoms with Gasteiger partial charge in [0.05, 0.1) is 6.04 Å². The van der Waals surface area contributed by atoms with Crippen molar-refractivity contribution in [3.05, 3.63) is 64.2 Å². The van der Waals surface area contributed by atoms with Crippen LogP contribution in [0.25, 0.3) is 0 Å². The molecule has 1 aliphatic heterocycles. The fourth-order valence-corrected chi connectivity index (χ4v) is 3.39. The van der Waals surface area contributed by atoms with Crippen LogP contribution in [0.4, 0.5) is 5.69 Å². The summed E-state index contributed by atoms with van der Waals surface area (Å²) in [4.78, 5) is 26.1. The first-order valence-electron chi connectivity index (χ1n) is 8.57. The lowest BCUT2D eigenvalue weighted by Gasteiger charge is -2.26. The van der Waals surface area contributed by atoms with E-state index in [1.54, 1.807) is 12.1 Å². The quantitative estimate of drug-likeness (QED) is 0.848. The van der Waals surface area contributed by atoms with Crippen LogP contribution in [0.3, 0.4) is 0 Å². The van der Waals surface area contributed by atoms with E-state index in [0.29, 0.717) is 30.0 Å². The molecule has 0 radical (unpaired) electrons. The number of anilines is 1. The first-order valence-corrected chi connectivity index (χ1v) is 8.95. The smallest absolute Gasteiger partial charge is 0.251 e. The van der Waals surface area contributed by atoms with Gasteiger partial charge in [0.15, 0.2) is 0 Å². The fraction of sp³-hybridized carbons (Fsp3) is 0.300. The molecule has 136 valence electrons. The van der Waals surface area contributed by atoms with Gasteiger partial charge in [0.1, 0.15) is 0 Å². The first-order chi connectivity index (χ1) is 12.5. The Morgan fingerprint density at radius 2 is 2.00 bits per heavy atom. The van der Waals surface area contributed by atoms with Gasteiger partial charge >= 0.3 is 0 Å². The highest BCUT2D eigenvalue weighted by molar-refractivity contribution is 6.31. The number of rotatable bonds is 5. The van der Waals surface area contributed by atoms with Gasteiger partial charge in [0, 0.05) is 29.2 Å². The van der Waals surface area contributed by atoms with Gasteiger partial charge in [-0.25, -0.2) is 0 Å². The molecule has 3 rings (SSSR count). The summed E-state index contributed by atoms with van der Waals surface area (Å²) >= 11 is 6.31. The van der Waals surface area contributed by atoms with Crippen molar-refractivity contribution in [2.45, 2.75) is 18.9 Å². The number of likely N-dealkylation sites (N-methyl/N-ethyl adjacent to an activating group) is 1. The largest absolute Gasteiger partial charge is 0.350 e. The van der Waals surface area contributed by atoms with Crippen molar-refractivity contribution < 1.29 is 9.59 Å². The molecule has 2 amide bonds. The molecule has 0 unspecified atom stereocenters. The van der Waals surface area contributed by atoms with E-state index in [2.05, 4.69) is 10.6 Å². The van der Waals surface area contributed by atoms with Crippen LogP contribution in [0.5, 0.6) is 0 Å². The number of hydrogen-bond acceptors (Lipinski definition) is 3. The van der Waals surface area contributed by atoms with Gasteiger partial charge in [0.25, 0.3) is 5.91 Å². The van der Waals surface area contributed by atoms with Gasteiger partial charge in [-0.05, 0) is 55.9 Å². The number of halogens is 1. The van der Waals surface area contributed by atoms with Crippen LogP contribution in [0, 0.1) is 0 Å². The van der Waals surface area contributed by atoms with Crippen molar-refractivity contribution in [3.63, 3.8) is 0 Å². The lowest BCUT2D eigenvalue weighted by atomic mass is 10.00. The third-order valence-corrected chi connectivity index (χ3v) is 4.95. The molecule has 0 aliphatic carbocycles. The molecule has 6 heteroatoms. The zero-order chi connectivity index (χ0) is 18.7. The topological polar surface area (TPSA) is 61.4 Å². The van der Waals surface area contributed by atoms with Gasteiger partial charge in [-0.2, -0.15) is 0 Å². The van der Waals surface area contributed by atoms with E-state index in [1.165, 1.54) is 0 Å². The van der Waals surface area contributed by atoms with Gasteiger partial charge in [-0.15, -0.1) is 0 Å². The molecule has 0 bridgehead atoms. The fourth-order valence-electron chi connectivity index (χ4n) is 3.13. The number of benzene rings is 2. The Labute approximate surface area is 158 Å². The predicted octanol–water partition coefficient (Wildman–Crippen LogP) is 3.26. The average molecular weight is 372 g/mol. The molecule has 0 saturated carbocycles. The molecule has 1 atom stereocenters. The van der Waals surface area contributed by atoms with Gasteiger partial charge in [-0.1, -0.05) is 29.8 Å². The molecular formula is C20H22ClN3O2. The zero-order valence-electron chi connectivity index (χ0n) is 14.9. The van der Waals surface area contributed by atoms with Gasteiger partial charge < -0.3 is 15.5 Å². The molecular weight excluding hydrogens is 350 g/mol. The second kappa shape index (κ2) is 7.89. The molecule has 1 aliphatic rings. The minimum Gasteiger partial charge on any atom is -0.350 e. The monoisotopic (exact) mass is 371 g/mol. The first kappa shape index (κ1) is 18.4. The maximum atomic E-state index is 12.6. The molecule has 0 aromatic heterocycles. The second-order valence-corrected chi connectivity index (χ2v) is 7.04. The van der Waals surface area contributed by atoms with Crippen LogP contribution in [0.2, 0.25) is 5.02 Å². The van der Waals surface area contributed by atoms with Crippen LogP contribution >= 0.6 is 11.6 Å². The van der Waals surface area contributed by atoms with E-state index in [4.69, 9.17) is 11.6 Å². The Bertz CT molecular complexity index is 836. The van der Waals surface area contributed by atoms with Crippen molar-refractivity contribution >= 4 is 29.1 Å². The Morgan fingerprint density at radius 1 is 1.23 bits per heavy atom. The van der Waals surface area contributed by atoms with E-state index in [0.717, 1.165) is 16.8 Å². The van der Waals surface area contributed by atoms with E-state index in [-0.39, 0.29) is 17.9 Å². The molecule has 5 nitrogen and oxygen atoms in total. The number of nitrogens with zero attached hydrogens (tertiary/aromatic N) is 1. The summed E-state index contributed by atoms with van der Waals surface area (Å²) in [6, 6.07) is 13.0. The van der Waals surface area contributed by atoms with Gasteiger partial charge in [-0.3, -0.25) is 9.59 Å². The maximum absolute atomic E-state index is 12.6. The maximum Gasteiger partial charge on any atom is 0.251 e. The van der Waals surface area contributed by atoms with Crippen molar-refractivity contribution in [1.29, 1.82) is 0 Å². The highest BCUT2D eigenvalue weighted by Gasteiger charge is 2.20. The average Bonchev–Trinajstić information content (AvgIpc) is 2.62. The molecule has 0 spiro atoms. The zero-order valence-corrected chi connectivity index (χ0v) is 15.6. The molecule has 1 heterocycles. The highest BCUT2D eigenvalue weighted by atomic mass is 35.5. The van der Waals surface area contributed by atoms with Crippen LogP contribution in [0.1, 0.15) is 33.9 Å². The number of carbonyl (C=O) groups excluding carboxylic acids is 2. The summed E-state index contributed by atoms with van der Waals surface area (Å²) in [5, 5.41) is 6.51. The van der Waals surface area contributed by atoms with E-state index < -0.39 is 0 Å². The van der Waals surface area contributed by atoms with Crippen LogP contribution in [-0.4, -0.2) is 37.4 Å². The van der Waals surface area contributed by atoms with E-state index in [9.17, 15) is 9.59 Å². The summed E-state index contributed by atoms with van der Waals surface area (Å²) in [5.74, 6) is -0.119. The number of nitrogens with one attached hydrogen (secondary N) is 2. The minimum absolute atomic E-state index is 0.0169. The van der Waals surface area contributed by atoms with E-state index >= 15 is 0 Å². The highest BCUT2D eigenvalue weighted by Crippen LogP contribution is 2.26. The second-order valence-electron chi connectivity index (χ2n) is 6.63. The molecule has 26 heavy (non-hydrogen) atoms. The number of carbonyl (C=O) groups is 2. The third kappa shape index (κ3) is 4.06. The third-order valence-electron chi connectivity index (χ3n) is 4.61. The summed E-state index contributed by atoms with van der Waals surface area (Å²) in [6.45, 7) is 0.448. The molecule has 0 fully saturated rings. The molecule has 2 N–H and O–H groups in total. The SMILES string of the molecule is CN(C)[C@@H](CNC(=O)c1ccc2c(c1)CCC(=O)N2)c1ccccc1Cl. The van der Waals surface area contributed by atoms with Crippen molar-refractivity contribution in [3.8, 4) is 0 Å². The summed E-state index contributed by atoms with van der Waals surface area (Å²) in [5.41, 5.74) is 3.36. The lowest BCUT2D eigenvalue weighted by Crippen LogP contribution is -2.34. The Morgan fingerprint density at radius 3 is 2.73 bits per heavy atom. The number of hydrogen-bond donors (Lipinski definition) is 2. The Balaban J connectivity index is 1.71. The summed E-state index contributed by atoms with van der Waals surface area (Å²) in [7, 11) is 3.92. The van der Waals surface area contributed by atoms with Crippen molar-refractivity contribution in [1.82, 2.24) is 10.2 Å². The van der Waals surface area contributed by atoms with Crippen molar-refractivity contribution in [2.75, 3.05) is 26.0 Å². The standard InChI is InChI=1S/C20H22ClN3O2/c1-24(2)18(15-5-3-4-6-16(15)21)12-22-20(26)14-7-9-17-13(11-14)8-10-19(25)23-17/h3-7,9,11,18H,8,10,12H2,1-2H3,(H,22,26)(H,23,25)/t18-/m0/s1. The van der Waals surface area contributed by atoms with Gasteiger partial charge in [0.2, 0.25) is 5.91 Å². The van der Waals surface area contributed by atoms with E-state index in [1.807, 2.05) is 49.3 Å². The Hall–Kier alpha value is -2.37. The van der Waals surface area contributed by atoms with Crippen LogP contribution in [0.15, 0.2) is 42.5 Å². The lowest BCUT2D eigenvalue weighted by molar-refractivity contribution is -0.116. The number of amides is 2. The molecule has 2 aromatic carbocycles. The minimum atomic E-state index is -0.136. The Kier molecular flexibility index (Phi) is 5.59. The van der Waals surface area contributed by atoms with Crippen LogP contribution < -0.4 is 10.6 Å². The normalized spacial score (nSPS) is 14.5. The van der Waals surface area contributed by atoms with Crippen molar-refractivity contribution in [2.24, 2.45) is 0 Å². The number of fused-ring (bicyclic) bond motifs is 1. The predicted molar refractivity (Wildman–Crippen MR) is 104 cm³/mol. The van der Waals surface area contributed by atoms with Crippen LogP contribution in [-0.2, 0) is 11.2 Å². The summed E-state index contributed by atoms with van der Waals surface area (Å²) < 4.78 is 0. The molecule has 0 saturated heterocycles. The summed E-state index contributed by atoms with van der Waals surface area (Å²) in [6.07, 6.45) is 1.11. The molecule has 2 aromatic rings. The number of aryl methyl sites for hydroxylation is 1.